The Labute approximate surface area is 125 Å². The molecule has 1 unspecified atom stereocenters. The number of ether oxygens (including phenoxy) is 1. The Morgan fingerprint density at radius 3 is 2.84 bits per heavy atom. The van der Waals surface area contributed by atoms with Crippen molar-refractivity contribution in [3.63, 3.8) is 0 Å². The van der Waals surface area contributed by atoms with Gasteiger partial charge in [0.05, 0.1) is 11.6 Å². The summed E-state index contributed by atoms with van der Waals surface area (Å²) < 4.78 is 5.88. The van der Waals surface area contributed by atoms with Gasteiger partial charge in [0.2, 0.25) is 5.91 Å². The van der Waals surface area contributed by atoms with Crippen molar-refractivity contribution in [2.24, 2.45) is 5.18 Å². The van der Waals surface area contributed by atoms with Crippen molar-refractivity contribution in [1.29, 1.82) is 0 Å². The first-order chi connectivity index (χ1) is 9.12. The van der Waals surface area contributed by atoms with E-state index in [1.54, 1.807) is 19.2 Å². The Morgan fingerprint density at radius 1 is 1.58 bits per heavy atom. The molecule has 0 aliphatic carbocycles. The number of rotatable bonds is 7. The first kappa shape index (κ1) is 16.0. The lowest BCUT2D eigenvalue weighted by molar-refractivity contribution is -0.122. The van der Waals surface area contributed by atoms with Crippen LogP contribution in [0.15, 0.2) is 27.8 Å². The van der Waals surface area contributed by atoms with Crippen LogP contribution in [0, 0.1) is 4.91 Å². The molecule has 104 valence electrons. The molecule has 0 aliphatic heterocycles. The number of amides is 1. The van der Waals surface area contributed by atoms with Crippen LogP contribution in [0.3, 0.4) is 0 Å². The summed E-state index contributed by atoms with van der Waals surface area (Å²) in [5.74, 6) is 0.834. The van der Waals surface area contributed by atoms with Crippen molar-refractivity contribution in [2.45, 2.75) is 12.5 Å². The third-order valence-corrected chi connectivity index (χ3v) is 3.33. The van der Waals surface area contributed by atoms with Crippen LogP contribution in [0.2, 0.25) is 0 Å². The molecule has 1 atom stereocenters. The number of methoxy groups -OCH3 is 1. The molecule has 19 heavy (non-hydrogen) atoms. The third kappa shape index (κ3) is 4.83. The monoisotopic (exact) mass is 346 g/mol. The van der Waals surface area contributed by atoms with Crippen molar-refractivity contribution in [2.75, 3.05) is 19.4 Å². The van der Waals surface area contributed by atoms with Crippen molar-refractivity contribution >= 4 is 34.5 Å². The van der Waals surface area contributed by atoms with Gasteiger partial charge in [0.1, 0.15) is 5.75 Å². The van der Waals surface area contributed by atoms with Gasteiger partial charge < -0.3 is 10.1 Å². The van der Waals surface area contributed by atoms with Gasteiger partial charge in [-0.1, -0.05) is 11.2 Å². The number of benzene rings is 1. The fraction of sp³-hybridized carbons (Fsp3) is 0.417. The first-order valence-corrected chi connectivity index (χ1v) is 7.08. The molecular formula is C12H15BrN2O3S. The Morgan fingerprint density at radius 2 is 2.32 bits per heavy atom. The summed E-state index contributed by atoms with van der Waals surface area (Å²) in [7, 11) is 1.57. The third-order valence-electron chi connectivity index (χ3n) is 2.49. The quantitative estimate of drug-likeness (QED) is 0.587. The molecule has 1 aromatic rings. The van der Waals surface area contributed by atoms with E-state index in [0.717, 1.165) is 10.0 Å². The summed E-state index contributed by atoms with van der Waals surface area (Å²) in [5, 5.41) is 5.47. The maximum atomic E-state index is 11.7. The summed E-state index contributed by atoms with van der Waals surface area (Å²) in [6.07, 6.45) is 0.254. The van der Waals surface area contributed by atoms with E-state index in [1.165, 1.54) is 0 Å². The minimum absolute atomic E-state index is 0.254. The number of nitrogens with zero attached hydrogens (tertiary/aromatic N) is 1. The van der Waals surface area contributed by atoms with Crippen LogP contribution in [-0.4, -0.2) is 31.4 Å². The number of thiol groups is 1. The van der Waals surface area contributed by atoms with Crippen LogP contribution in [0.25, 0.3) is 0 Å². The Hall–Kier alpha value is -1.08. The Balaban J connectivity index is 2.73. The predicted molar refractivity (Wildman–Crippen MR) is 80.8 cm³/mol. The van der Waals surface area contributed by atoms with Crippen LogP contribution in [0.4, 0.5) is 0 Å². The summed E-state index contributed by atoms with van der Waals surface area (Å²) in [6, 6.07) is 4.45. The van der Waals surface area contributed by atoms with Gasteiger partial charge in [0, 0.05) is 18.7 Å². The highest BCUT2D eigenvalue weighted by Crippen LogP contribution is 2.26. The largest absolute Gasteiger partial charge is 0.496 e. The van der Waals surface area contributed by atoms with Crippen LogP contribution in [0.1, 0.15) is 5.56 Å². The van der Waals surface area contributed by atoms with Gasteiger partial charge in [-0.2, -0.15) is 12.6 Å². The van der Waals surface area contributed by atoms with Crippen LogP contribution >= 0.6 is 28.6 Å². The topological polar surface area (TPSA) is 67.8 Å². The first-order valence-electron chi connectivity index (χ1n) is 5.65. The predicted octanol–water partition coefficient (Wildman–Crippen LogP) is 2.18. The van der Waals surface area contributed by atoms with Gasteiger partial charge in [-0.05, 0) is 33.6 Å². The zero-order chi connectivity index (χ0) is 14.3. The molecule has 0 radical (unpaired) electrons. The second-order valence-corrected chi connectivity index (χ2v) is 5.11. The van der Waals surface area contributed by atoms with Gasteiger partial charge in [-0.25, -0.2) is 0 Å². The molecule has 1 aromatic carbocycles. The lowest BCUT2D eigenvalue weighted by Gasteiger charge is -2.11. The molecule has 5 nitrogen and oxygen atoms in total. The highest BCUT2D eigenvalue weighted by molar-refractivity contribution is 9.10. The lowest BCUT2D eigenvalue weighted by atomic mass is 10.1. The fourth-order valence-electron chi connectivity index (χ4n) is 1.53. The molecule has 0 saturated heterocycles. The second-order valence-electron chi connectivity index (χ2n) is 3.81. The van der Waals surface area contributed by atoms with Crippen LogP contribution in [-0.2, 0) is 11.2 Å². The molecule has 0 fully saturated rings. The summed E-state index contributed by atoms with van der Waals surface area (Å²) in [5.41, 5.74) is 0.832. The van der Waals surface area contributed by atoms with E-state index < -0.39 is 6.04 Å². The van der Waals surface area contributed by atoms with Crippen molar-refractivity contribution in [3.05, 3.63) is 33.1 Å². The molecule has 0 spiro atoms. The molecule has 0 aromatic heterocycles. The standard InChI is InChI=1S/C12H15BrN2O3S/c1-18-11-3-2-8(6-9(11)13)7-10(15-17)12(16)14-4-5-19/h2-3,6,10,19H,4-5,7H2,1H3,(H,14,16). The summed E-state index contributed by atoms with van der Waals surface area (Å²) in [4.78, 5) is 22.4. The maximum Gasteiger partial charge on any atom is 0.248 e. The van der Waals surface area contributed by atoms with Crippen molar-refractivity contribution in [1.82, 2.24) is 5.32 Å². The lowest BCUT2D eigenvalue weighted by Crippen LogP contribution is -2.35. The molecule has 1 amide bonds. The molecular weight excluding hydrogens is 332 g/mol. The number of hydrogen-bond donors (Lipinski definition) is 2. The molecule has 1 N–H and O–H groups in total. The number of hydrogen-bond acceptors (Lipinski definition) is 5. The Bertz CT molecular complexity index is 457. The minimum atomic E-state index is -0.930. The highest BCUT2D eigenvalue weighted by Gasteiger charge is 2.19. The number of nitrogens with one attached hydrogen (secondary N) is 1. The Kier molecular flexibility index (Phi) is 6.86. The van der Waals surface area contributed by atoms with Gasteiger partial charge in [-0.3, -0.25) is 4.79 Å². The number of nitroso groups, excluding NO2 is 1. The van der Waals surface area contributed by atoms with E-state index in [0.29, 0.717) is 18.0 Å². The zero-order valence-corrected chi connectivity index (χ0v) is 12.9. The number of carbonyl (C=O) groups excluding carboxylic acids is 1. The molecule has 0 bridgehead atoms. The van der Waals surface area contributed by atoms with E-state index in [1.807, 2.05) is 6.07 Å². The van der Waals surface area contributed by atoms with E-state index in [-0.39, 0.29) is 12.3 Å². The number of halogens is 1. The van der Waals surface area contributed by atoms with Gasteiger partial charge >= 0.3 is 0 Å². The zero-order valence-electron chi connectivity index (χ0n) is 10.4. The smallest absolute Gasteiger partial charge is 0.248 e. The summed E-state index contributed by atoms with van der Waals surface area (Å²) in [6.45, 7) is 0.417. The van der Waals surface area contributed by atoms with Crippen molar-refractivity contribution < 1.29 is 9.53 Å². The summed E-state index contributed by atoms with van der Waals surface area (Å²) >= 11 is 7.34. The maximum absolute atomic E-state index is 11.7. The van der Waals surface area contributed by atoms with E-state index in [4.69, 9.17) is 4.74 Å². The highest BCUT2D eigenvalue weighted by atomic mass is 79.9. The average molecular weight is 347 g/mol. The molecule has 0 aliphatic rings. The molecule has 1 rings (SSSR count). The van der Waals surface area contributed by atoms with Gasteiger partial charge in [0.25, 0.3) is 0 Å². The van der Waals surface area contributed by atoms with Crippen LogP contribution < -0.4 is 10.1 Å². The molecule has 0 heterocycles. The molecule has 0 saturated carbocycles. The normalized spacial score (nSPS) is 11.7. The van der Waals surface area contributed by atoms with E-state index >= 15 is 0 Å². The fourth-order valence-corrected chi connectivity index (χ4v) is 2.23. The number of carbonyl (C=O) groups is 1. The van der Waals surface area contributed by atoms with Gasteiger partial charge in [0.15, 0.2) is 6.04 Å². The van der Waals surface area contributed by atoms with Gasteiger partial charge in [-0.15, -0.1) is 4.91 Å². The van der Waals surface area contributed by atoms with E-state index in [2.05, 4.69) is 39.1 Å². The second kappa shape index (κ2) is 8.16. The minimum Gasteiger partial charge on any atom is -0.496 e. The van der Waals surface area contributed by atoms with Crippen LogP contribution in [0.5, 0.6) is 5.75 Å². The van der Waals surface area contributed by atoms with Crippen molar-refractivity contribution in [3.8, 4) is 5.75 Å². The average Bonchev–Trinajstić information content (AvgIpc) is 2.42. The molecule has 7 heteroatoms. The van der Waals surface area contributed by atoms with E-state index in [9.17, 15) is 9.70 Å². The SMILES string of the molecule is COc1ccc(CC(N=O)C(=O)NCCS)cc1Br.